The molecular weight excluding hydrogens is 336 g/mol. The molecule has 3 rings (SSSR count). The Balaban J connectivity index is 1.84. The Morgan fingerprint density at radius 3 is 2.96 bits per heavy atom. The second-order valence-electron chi connectivity index (χ2n) is 4.98. The van der Waals surface area contributed by atoms with Gasteiger partial charge in [0.1, 0.15) is 17.4 Å². The van der Waals surface area contributed by atoms with Crippen LogP contribution >= 0.6 is 11.8 Å². The summed E-state index contributed by atoms with van der Waals surface area (Å²) in [6.07, 6.45) is 3.13. The summed E-state index contributed by atoms with van der Waals surface area (Å²) in [5.74, 6) is -0.242. The number of rotatable bonds is 5. The predicted octanol–water partition coefficient (Wildman–Crippen LogP) is 4.45. The summed E-state index contributed by atoms with van der Waals surface area (Å²) >= 11 is 1.43. The van der Waals surface area contributed by atoms with Crippen molar-refractivity contribution in [3.05, 3.63) is 60.0 Å². The number of ether oxygens (including phenoxy) is 1. The van der Waals surface area contributed by atoms with Crippen LogP contribution in [0.1, 0.15) is 12.7 Å². The topological polar surface area (TPSA) is 76.1 Å². The van der Waals surface area contributed by atoms with Gasteiger partial charge < -0.3 is 9.15 Å². The van der Waals surface area contributed by atoms with E-state index in [4.69, 9.17) is 14.4 Å². The summed E-state index contributed by atoms with van der Waals surface area (Å²) < 4.78 is 10.5. The van der Waals surface area contributed by atoms with Gasteiger partial charge in [-0.15, -0.1) is 0 Å². The predicted molar refractivity (Wildman–Crippen MR) is 94.8 cm³/mol. The van der Waals surface area contributed by atoms with Crippen molar-refractivity contribution in [1.29, 1.82) is 5.26 Å². The number of benzene rings is 1. The second-order valence-corrected chi connectivity index (χ2v) is 6.03. The molecule has 0 aliphatic carbocycles. The molecular formula is C19H14N2O3S. The summed E-state index contributed by atoms with van der Waals surface area (Å²) in [6.45, 7) is 1.90. The van der Waals surface area contributed by atoms with Gasteiger partial charge in [-0.25, -0.2) is 4.79 Å². The van der Waals surface area contributed by atoms with Gasteiger partial charge in [-0.3, -0.25) is 4.98 Å². The van der Waals surface area contributed by atoms with E-state index in [2.05, 4.69) is 4.98 Å². The molecule has 0 spiro atoms. The minimum Gasteiger partial charge on any atom is -0.462 e. The molecule has 0 saturated carbocycles. The fourth-order valence-electron chi connectivity index (χ4n) is 2.22. The Bertz CT molecular complexity index is 980. The monoisotopic (exact) mass is 350 g/mol. The average Bonchev–Trinajstić information content (AvgIpc) is 3.07. The Hall–Kier alpha value is -3.04. The van der Waals surface area contributed by atoms with Gasteiger partial charge in [0.15, 0.2) is 5.09 Å². The van der Waals surface area contributed by atoms with Gasteiger partial charge >= 0.3 is 5.97 Å². The smallest absolute Gasteiger partial charge is 0.349 e. The lowest BCUT2D eigenvalue weighted by molar-refractivity contribution is -0.137. The van der Waals surface area contributed by atoms with Gasteiger partial charge in [0.05, 0.1) is 12.1 Å². The van der Waals surface area contributed by atoms with Gasteiger partial charge in [-0.05, 0) is 43.0 Å². The number of aromatic nitrogens is 1. The molecule has 6 heteroatoms. The number of nitrogens with zero attached hydrogens (tertiary/aromatic N) is 2. The van der Waals surface area contributed by atoms with E-state index in [9.17, 15) is 4.79 Å². The SMILES string of the molecule is CCOC(=O)/C(C#N)=C/c1ccc(Sc2cccc3cccnc23)o1. The van der Waals surface area contributed by atoms with E-state index >= 15 is 0 Å². The van der Waals surface area contributed by atoms with E-state index in [1.165, 1.54) is 17.8 Å². The molecule has 5 nitrogen and oxygen atoms in total. The number of para-hydroxylation sites is 1. The molecule has 124 valence electrons. The van der Waals surface area contributed by atoms with Gasteiger partial charge in [0.25, 0.3) is 0 Å². The molecule has 0 N–H and O–H groups in total. The Morgan fingerprint density at radius 1 is 1.32 bits per heavy atom. The summed E-state index contributed by atoms with van der Waals surface area (Å²) in [6, 6.07) is 15.2. The third-order valence-electron chi connectivity index (χ3n) is 3.31. The molecule has 0 bridgehead atoms. The second kappa shape index (κ2) is 7.69. The van der Waals surface area contributed by atoms with E-state index in [-0.39, 0.29) is 12.2 Å². The van der Waals surface area contributed by atoms with Crippen LogP contribution < -0.4 is 0 Å². The molecule has 25 heavy (non-hydrogen) atoms. The van der Waals surface area contributed by atoms with Gasteiger partial charge in [-0.1, -0.05) is 18.2 Å². The van der Waals surface area contributed by atoms with Crippen molar-refractivity contribution in [1.82, 2.24) is 4.98 Å². The molecule has 2 aromatic heterocycles. The molecule has 0 aliphatic rings. The van der Waals surface area contributed by atoms with Crippen molar-refractivity contribution in [3.63, 3.8) is 0 Å². The maximum atomic E-state index is 11.7. The summed E-state index contributed by atoms with van der Waals surface area (Å²) in [7, 11) is 0. The minimum atomic E-state index is -0.658. The quantitative estimate of drug-likeness (QED) is 0.384. The van der Waals surface area contributed by atoms with Crippen LogP contribution in [0.15, 0.2) is 68.6 Å². The zero-order valence-corrected chi connectivity index (χ0v) is 14.2. The van der Waals surface area contributed by atoms with Crippen molar-refractivity contribution in [2.24, 2.45) is 0 Å². The van der Waals surface area contributed by atoms with Crippen LogP contribution in [0.5, 0.6) is 0 Å². The molecule has 0 saturated heterocycles. The first-order valence-electron chi connectivity index (χ1n) is 7.61. The number of hydrogen-bond donors (Lipinski definition) is 0. The van der Waals surface area contributed by atoms with Crippen molar-refractivity contribution in [2.45, 2.75) is 16.9 Å². The highest BCUT2D eigenvalue weighted by molar-refractivity contribution is 7.99. The van der Waals surface area contributed by atoms with Crippen molar-refractivity contribution in [2.75, 3.05) is 6.61 Å². The highest BCUT2D eigenvalue weighted by Crippen LogP contribution is 2.33. The van der Waals surface area contributed by atoms with E-state index < -0.39 is 5.97 Å². The summed E-state index contributed by atoms with van der Waals surface area (Å²) in [5, 5.41) is 10.8. The number of carbonyl (C=O) groups is 1. The number of pyridine rings is 1. The molecule has 1 aromatic carbocycles. The lowest BCUT2D eigenvalue weighted by Gasteiger charge is -2.03. The van der Waals surface area contributed by atoms with Gasteiger partial charge in [0, 0.05) is 22.6 Å². The highest BCUT2D eigenvalue weighted by atomic mass is 32.2. The fraction of sp³-hybridized carbons (Fsp3) is 0.105. The van der Waals surface area contributed by atoms with E-state index in [1.54, 1.807) is 25.3 Å². The maximum Gasteiger partial charge on any atom is 0.349 e. The fourth-order valence-corrected chi connectivity index (χ4v) is 3.13. The third-order valence-corrected chi connectivity index (χ3v) is 4.28. The molecule has 0 unspecified atom stereocenters. The first kappa shape index (κ1) is 16.8. The normalized spacial score (nSPS) is 11.3. The molecule has 0 amide bonds. The van der Waals surface area contributed by atoms with Crippen LogP contribution in [0.2, 0.25) is 0 Å². The van der Waals surface area contributed by atoms with E-state index in [1.807, 2.05) is 36.4 Å². The molecule has 0 aliphatic heterocycles. The molecule has 0 radical (unpaired) electrons. The molecule has 2 heterocycles. The van der Waals surface area contributed by atoms with Crippen LogP contribution in [-0.2, 0) is 9.53 Å². The van der Waals surface area contributed by atoms with Gasteiger partial charge in [0.2, 0.25) is 0 Å². The Kier molecular flexibility index (Phi) is 5.17. The first-order valence-corrected chi connectivity index (χ1v) is 8.43. The Labute approximate surface area is 148 Å². The number of carbonyl (C=O) groups excluding carboxylic acids is 1. The summed E-state index contributed by atoms with van der Waals surface area (Å²) in [5.41, 5.74) is 0.798. The average molecular weight is 350 g/mol. The zero-order valence-electron chi connectivity index (χ0n) is 13.4. The highest BCUT2D eigenvalue weighted by Gasteiger charge is 2.12. The first-order chi connectivity index (χ1) is 12.2. The van der Waals surface area contributed by atoms with Crippen LogP contribution in [-0.4, -0.2) is 17.6 Å². The van der Waals surface area contributed by atoms with Crippen LogP contribution in [0.25, 0.3) is 17.0 Å². The standard InChI is InChI=1S/C19H14N2O3S/c1-2-23-19(22)14(12-20)11-15-8-9-17(24-15)25-16-7-3-5-13-6-4-10-21-18(13)16/h3-11H,2H2,1H3/b14-11+. The number of nitriles is 1. The Morgan fingerprint density at radius 2 is 2.16 bits per heavy atom. The van der Waals surface area contributed by atoms with E-state index in [0.29, 0.717) is 10.9 Å². The van der Waals surface area contributed by atoms with Crippen LogP contribution in [0.4, 0.5) is 0 Å². The molecule has 3 aromatic rings. The maximum absolute atomic E-state index is 11.7. The van der Waals surface area contributed by atoms with Crippen molar-refractivity contribution in [3.8, 4) is 6.07 Å². The van der Waals surface area contributed by atoms with Crippen LogP contribution in [0, 0.1) is 11.3 Å². The number of fused-ring (bicyclic) bond motifs is 1. The largest absolute Gasteiger partial charge is 0.462 e. The van der Waals surface area contributed by atoms with Crippen molar-refractivity contribution < 1.29 is 13.9 Å². The van der Waals surface area contributed by atoms with Gasteiger partial charge in [-0.2, -0.15) is 5.26 Å². The van der Waals surface area contributed by atoms with Crippen LogP contribution in [0.3, 0.4) is 0 Å². The number of furan rings is 1. The number of esters is 1. The van der Waals surface area contributed by atoms with Crippen molar-refractivity contribution >= 4 is 34.7 Å². The zero-order chi connectivity index (χ0) is 17.6. The lowest BCUT2D eigenvalue weighted by atomic mass is 10.2. The summed E-state index contributed by atoms with van der Waals surface area (Å²) in [4.78, 5) is 17.0. The molecule has 0 atom stereocenters. The minimum absolute atomic E-state index is 0.0976. The number of hydrogen-bond acceptors (Lipinski definition) is 6. The third kappa shape index (κ3) is 3.90. The van der Waals surface area contributed by atoms with E-state index in [0.717, 1.165) is 15.8 Å². The molecule has 0 fully saturated rings. The lowest BCUT2D eigenvalue weighted by Crippen LogP contribution is -2.05.